The summed E-state index contributed by atoms with van der Waals surface area (Å²) >= 11 is 0. The number of nitrogens with one attached hydrogen (secondary N) is 1. The van der Waals surface area contributed by atoms with Gasteiger partial charge in [-0.1, -0.05) is 20.3 Å². The molecule has 2 nitrogen and oxygen atoms in total. The minimum atomic E-state index is -0.469. The van der Waals surface area contributed by atoms with Gasteiger partial charge in [-0.05, 0) is 19.9 Å². The lowest BCUT2D eigenvalue weighted by Gasteiger charge is -2.25. The third-order valence-electron chi connectivity index (χ3n) is 1.88. The Bertz CT molecular complexity index is 77.3. The molecular formula is C8H19NO. The van der Waals surface area contributed by atoms with E-state index in [0.717, 1.165) is 19.3 Å². The van der Waals surface area contributed by atoms with Crippen LogP contribution in [-0.4, -0.2) is 24.3 Å². The SMILES string of the molecule is CCCC(O)(CC)CNC. The second-order valence-corrected chi connectivity index (χ2v) is 2.86. The molecule has 62 valence electrons. The molecule has 0 aliphatic rings. The van der Waals surface area contributed by atoms with Crippen LogP contribution < -0.4 is 5.32 Å². The Kier molecular flexibility index (Phi) is 4.65. The molecule has 0 heterocycles. The minimum absolute atomic E-state index is 0.469. The van der Waals surface area contributed by atoms with Crippen LogP contribution in [0, 0.1) is 0 Å². The zero-order valence-electron chi connectivity index (χ0n) is 7.28. The average Bonchev–Trinajstić information content (AvgIpc) is 1.89. The second kappa shape index (κ2) is 4.69. The van der Waals surface area contributed by atoms with Gasteiger partial charge < -0.3 is 10.4 Å². The van der Waals surface area contributed by atoms with E-state index in [-0.39, 0.29) is 0 Å². The number of hydrogen-bond acceptors (Lipinski definition) is 2. The van der Waals surface area contributed by atoms with E-state index < -0.39 is 5.60 Å². The molecule has 0 aromatic carbocycles. The van der Waals surface area contributed by atoms with Crippen molar-refractivity contribution < 1.29 is 5.11 Å². The van der Waals surface area contributed by atoms with Crippen molar-refractivity contribution in [1.29, 1.82) is 0 Å². The van der Waals surface area contributed by atoms with Crippen molar-refractivity contribution in [3.63, 3.8) is 0 Å². The van der Waals surface area contributed by atoms with Gasteiger partial charge in [0, 0.05) is 6.54 Å². The molecule has 2 heteroatoms. The van der Waals surface area contributed by atoms with Gasteiger partial charge in [-0.25, -0.2) is 0 Å². The molecule has 0 aromatic rings. The quantitative estimate of drug-likeness (QED) is 0.608. The first kappa shape index (κ1) is 9.92. The Hall–Kier alpha value is -0.0800. The van der Waals surface area contributed by atoms with Gasteiger partial charge in [-0.15, -0.1) is 0 Å². The summed E-state index contributed by atoms with van der Waals surface area (Å²) < 4.78 is 0. The van der Waals surface area contributed by atoms with E-state index in [2.05, 4.69) is 12.2 Å². The first-order valence-corrected chi connectivity index (χ1v) is 4.05. The molecule has 0 rings (SSSR count). The Labute approximate surface area is 63.6 Å². The van der Waals surface area contributed by atoms with Crippen molar-refractivity contribution in [3.8, 4) is 0 Å². The molecule has 0 fully saturated rings. The molecule has 0 aliphatic heterocycles. The predicted octanol–water partition coefficient (Wildman–Crippen LogP) is 1.15. The van der Waals surface area contributed by atoms with Crippen LogP contribution in [0.15, 0.2) is 0 Å². The van der Waals surface area contributed by atoms with Crippen molar-refractivity contribution >= 4 is 0 Å². The summed E-state index contributed by atoms with van der Waals surface area (Å²) in [5, 5.41) is 12.8. The lowest BCUT2D eigenvalue weighted by Crippen LogP contribution is -2.38. The Morgan fingerprint density at radius 3 is 2.30 bits per heavy atom. The van der Waals surface area contributed by atoms with Gasteiger partial charge in [0.2, 0.25) is 0 Å². The molecule has 1 unspecified atom stereocenters. The highest BCUT2D eigenvalue weighted by atomic mass is 16.3. The van der Waals surface area contributed by atoms with E-state index in [1.54, 1.807) is 0 Å². The predicted molar refractivity (Wildman–Crippen MR) is 44.1 cm³/mol. The number of hydrogen-bond donors (Lipinski definition) is 2. The highest BCUT2D eigenvalue weighted by Crippen LogP contribution is 2.15. The topological polar surface area (TPSA) is 32.3 Å². The van der Waals surface area contributed by atoms with Crippen molar-refractivity contribution in [1.82, 2.24) is 5.32 Å². The molecule has 0 radical (unpaired) electrons. The molecule has 0 saturated carbocycles. The highest BCUT2D eigenvalue weighted by molar-refractivity contribution is 4.77. The summed E-state index contributed by atoms with van der Waals surface area (Å²) in [6, 6.07) is 0. The van der Waals surface area contributed by atoms with Crippen LogP contribution in [0.5, 0.6) is 0 Å². The molecule has 0 aromatic heterocycles. The number of likely N-dealkylation sites (N-methyl/N-ethyl adjacent to an activating group) is 1. The van der Waals surface area contributed by atoms with Crippen molar-refractivity contribution in [2.75, 3.05) is 13.6 Å². The van der Waals surface area contributed by atoms with Crippen molar-refractivity contribution in [2.45, 2.75) is 38.7 Å². The van der Waals surface area contributed by atoms with Crippen LogP contribution in [-0.2, 0) is 0 Å². The van der Waals surface area contributed by atoms with E-state index in [1.165, 1.54) is 0 Å². The summed E-state index contributed by atoms with van der Waals surface area (Å²) in [5.41, 5.74) is -0.469. The first-order valence-electron chi connectivity index (χ1n) is 4.05. The van der Waals surface area contributed by atoms with Gasteiger partial charge in [-0.3, -0.25) is 0 Å². The standard InChI is InChI=1S/C8H19NO/c1-4-6-8(10,5-2)7-9-3/h9-10H,4-7H2,1-3H3. The summed E-state index contributed by atoms with van der Waals surface area (Å²) in [6.07, 6.45) is 2.78. The monoisotopic (exact) mass is 145 g/mol. The Morgan fingerprint density at radius 1 is 1.40 bits per heavy atom. The third-order valence-corrected chi connectivity index (χ3v) is 1.88. The lowest BCUT2D eigenvalue weighted by atomic mass is 9.95. The zero-order valence-corrected chi connectivity index (χ0v) is 7.28. The van der Waals surface area contributed by atoms with E-state index in [9.17, 15) is 5.11 Å². The molecule has 2 N–H and O–H groups in total. The van der Waals surface area contributed by atoms with Crippen LogP contribution in [0.4, 0.5) is 0 Å². The molecule has 0 bridgehead atoms. The highest BCUT2D eigenvalue weighted by Gasteiger charge is 2.21. The summed E-state index contributed by atoms with van der Waals surface area (Å²) in [7, 11) is 1.87. The fourth-order valence-electron chi connectivity index (χ4n) is 1.18. The second-order valence-electron chi connectivity index (χ2n) is 2.86. The van der Waals surface area contributed by atoms with Gasteiger partial charge in [0.05, 0.1) is 5.60 Å². The number of aliphatic hydroxyl groups is 1. The maximum atomic E-state index is 9.76. The fraction of sp³-hybridized carbons (Fsp3) is 1.00. The molecule has 1 atom stereocenters. The van der Waals surface area contributed by atoms with Crippen LogP contribution in [0.2, 0.25) is 0 Å². The van der Waals surface area contributed by atoms with Gasteiger partial charge in [-0.2, -0.15) is 0 Å². The summed E-state index contributed by atoms with van der Waals surface area (Å²) in [4.78, 5) is 0. The maximum Gasteiger partial charge on any atom is 0.0768 e. The van der Waals surface area contributed by atoms with Gasteiger partial charge in [0.15, 0.2) is 0 Å². The fourth-order valence-corrected chi connectivity index (χ4v) is 1.18. The molecule has 0 aliphatic carbocycles. The minimum Gasteiger partial charge on any atom is -0.389 e. The molecule has 0 amide bonds. The van der Waals surface area contributed by atoms with E-state index in [4.69, 9.17) is 0 Å². The first-order chi connectivity index (χ1) is 4.68. The normalized spacial score (nSPS) is 16.8. The van der Waals surface area contributed by atoms with Crippen molar-refractivity contribution in [2.24, 2.45) is 0 Å². The van der Waals surface area contributed by atoms with Gasteiger partial charge >= 0.3 is 0 Å². The van der Waals surface area contributed by atoms with Gasteiger partial charge in [0.1, 0.15) is 0 Å². The average molecular weight is 145 g/mol. The maximum absolute atomic E-state index is 9.76. The summed E-state index contributed by atoms with van der Waals surface area (Å²) in [6.45, 7) is 4.82. The van der Waals surface area contributed by atoms with E-state index in [0.29, 0.717) is 6.54 Å². The number of rotatable bonds is 5. The molecule has 0 spiro atoms. The van der Waals surface area contributed by atoms with Gasteiger partial charge in [0.25, 0.3) is 0 Å². The Balaban J connectivity index is 3.69. The molecule has 0 saturated heterocycles. The van der Waals surface area contributed by atoms with Crippen LogP contribution in [0.1, 0.15) is 33.1 Å². The zero-order chi connectivity index (χ0) is 8.04. The summed E-state index contributed by atoms with van der Waals surface area (Å²) in [5.74, 6) is 0. The largest absolute Gasteiger partial charge is 0.389 e. The molecular weight excluding hydrogens is 126 g/mol. The lowest BCUT2D eigenvalue weighted by molar-refractivity contribution is 0.0290. The van der Waals surface area contributed by atoms with E-state index >= 15 is 0 Å². The van der Waals surface area contributed by atoms with E-state index in [1.807, 2.05) is 14.0 Å². The van der Waals surface area contributed by atoms with Crippen LogP contribution in [0.25, 0.3) is 0 Å². The molecule has 10 heavy (non-hydrogen) atoms. The van der Waals surface area contributed by atoms with Crippen LogP contribution in [0.3, 0.4) is 0 Å². The third kappa shape index (κ3) is 3.18. The van der Waals surface area contributed by atoms with Crippen LogP contribution >= 0.6 is 0 Å². The van der Waals surface area contributed by atoms with Crippen molar-refractivity contribution in [3.05, 3.63) is 0 Å². The smallest absolute Gasteiger partial charge is 0.0768 e. The Morgan fingerprint density at radius 2 is 2.00 bits per heavy atom.